The van der Waals surface area contributed by atoms with Crippen LogP contribution in [0.25, 0.3) is 0 Å². The zero-order valence-electron chi connectivity index (χ0n) is 12.9. The second kappa shape index (κ2) is 6.67. The summed E-state index contributed by atoms with van der Waals surface area (Å²) >= 11 is 0. The van der Waals surface area contributed by atoms with Gasteiger partial charge in [-0.3, -0.25) is 4.90 Å². The Balaban J connectivity index is 1.60. The molecule has 1 heterocycles. The van der Waals surface area contributed by atoms with Crippen molar-refractivity contribution >= 4 is 5.69 Å². The molecule has 1 aromatic rings. The molecule has 1 saturated carbocycles. The molecule has 1 aliphatic heterocycles. The van der Waals surface area contributed by atoms with Gasteiger partial charge in [0.25, 0.3) is 0 Å². The number of benzene rings is 1. The molecule has 116 valence electrons. The average Bonchev–Trinajstić information content (AvgIpc) is 2.56. The molecule has 4 nitrogen and oxygen atoms in total. The van der Waals surface area contributed by atoms with E-state index in [1.54, 1.807) is 7.11 Å². The van der Waals surface area contributed by atoms with Crippen LogP contribution in [0.15, 0.2) is 18.2 Å². The van der Waals surface area contributed by atoms with Crippen LogP contribution in [-0.4, -0.2) is 44.4 Å². The fourth-order valence-corrected chi connectivity index (χ4v) is 3.70. The van der Waals surface area contributed by atoms with E-state index in [0.717, 1.165) is 43.8 Å². The minimum Gasteiger partial charge on any atom is -0.495 e. The summed E-state index contributed by atoms with van der Waals surface area (Å²) in [7, 11) is 1.69. The topological polar surface area (TPSA) is 47.7 Å². The van der Waals surface area contributed by atoms with Crippen molar-refractivity contribution in [2.75, 3.05) is 39.1 Å². The van der Waals surface area contributed by atoms with Crippen molar-refractivity contribution in [2.24, 2.45) is 0 Å². The summed E-state index contributed by atoms with van der Waals surface area (Å²) < 4.78 is 10.8. The number of morpholine rings is 1. The Morgan fingerprint density at radius 3 is 2.52 bits per heavy atom. The number of nitrogens with two attached hydrogens (primary N) is 1. The minimum atomic E-state index is 0.650. The second-order valence-corrected chi connectivity index (χ2v) is 6.16. The van der Waals surface area contributed by atoms with Crippen molar-refractivity contribution in [3.05, 3.63) is 23.8 Å². The lowest BCUT2D eigenvalue weighted by Crippen LogP contribution is -2.44. The highest BCUT2D eigenvalue weighted by atomic mass is 16.5. The molecular formula is C17H26N2O2. The molecule has 1 saturated heterocycles. The average molecular weight is 290 g/mol. The lowest BCUT2D eigenvalue weighted by Gasteiger charge is -2.39. The predicted octanol–water partition coefficient (Wildman–Crippen LogP) is 2.64. The highest BCUT2D eigenvalue weighted by molar-refractivity contribution is 5.54. The van der Waals surface area contributed by atoms with Gasteiger partial charge in [-0.25, -0.2) is 0 Å². The van der Waals surface area contributed by atoms with E-state index in [1.807, 2.05) is 6.07 Å². The number of hydrogen-bond acceptors (Lipinski definition) is 4. The van der Waals surface area contributed by atoms with Crippen molar-refractivity contribution in [2.45, 2.75) is 37.6 Å². The van der Waals surface area contributed by atoms with Gasteiger partial charge in [-0.15, -0.1) is 0 Å². The number of methoxy groups -OCH3 is 1. The first-order valence-electron chi connectivity index (χ1n) is 8.03. The molecule has 0 radical (unpaired) electrons. The molecule has 0 bridgehead atoms. The SMILES string of the molecule is COc1cc(C2CCC(N3CCOCC3)CC2)ccc1N. The fraction of sp³-hybridized carbons (Fsp3) is 0.647. The van der Waals surface area contributed by atoms with E-state index in [0.29, 0.717) is 5.92 Å². The van der Waals surface area contributed by atoms with Crippen LogP contribution in [0.5, 0.6) is 5.75 Å². The molecule has 0 amide bonds. The van der Waals surface area contributed by atoms with Gasteiger partial charge in [-0.05, 0) is 49.3 Å². The Kier molecular flexibility index (Phi) is 4.66. The Morgan fingerprint density at radius 1 is 1.14 bits per heavy atom. The molecule has 2 fully saturated rings. The summed E-state index contributed by atoms with van der Waals surface area (Å²) in [6.45, 7) is 4.00. The highest BCUT2D eigenvalue weighted by Gasteiger charge is 2.27. The maximum absolute atomic E-state index is 5.91. The number of nitrogen functional groups attached to an aromatic ring is 1. The minimum absolute atomic E-state index is 0.650. The van der Waals surface area contributed by atoms with Crippen molar-refractivity contribution in [1.29, 1.82) is 0 Å². The normalized spacial score (nSPS) is 27.5. The summed E-state index contributed by atoms with van der Waals surface area (Å²) in [4.78, 5) is 2.61. The number of hydrogen-bond donors (Lipinski definition) is 1. The van der Waals surface area contributed by atoms with Crippen molar-refractivity contribution in [3.63, 3.8) is 0 Å². The Morgan fingerprint density at radius 2 is 1.86 bits per heavy atom. The van der Waals surface area contributed by atoms with Crippen LogP contribution in [0.1, 0.15) is 37.2 Å². The fourth-order valence-electron chi connectivity index (χ4n) is 3.70. The van der Waals surface area contributed by atoms with Gasteiger partial charge in [-0.2, -0.15) is 0 Å². The molecule has 2 N–H and O–H groups in total. The number of anilines is 1. The first-order chi connectivity index (χ1) is 10.3. The highest BCUT2D eigenvalue weighted by Crippen LogP contribution is 2.37. The molecule has 21 heavy (non-hydrogen) atoms. The predicted molar refractivity (Wildman–Crippen MR) is 84.8 cm³/mol. The molecule has 0 atom stereocenters. The van der Waals surface area contributed by atoms with Crippen LogP contribution in [0.4, 0.5) is 5.69 Å². The second-order valence-electron chi connectivity index (χ2n) is 6.16. The molecule has 0 spiro atoms. The molecule has 4 heteroatoms. The zero-order chi connectivity index (χ0) is 14.7. The Labute approximate surface area is 127 Å². The molecular weight excluding hydrogens is 264 g/mol. The Hall–Kier alpha value is -1.26. The van der Waals surface area contributed by atoms with Crippen LogP contribution in [0.3, 0.4) is 0 Å². The van der Waals surface area contributed by atoms with Crippen LogP contribution in [-0.2, 0) is 4.74 Å². The van der Waals surface area contributed by atoms with Gasteiger partial charge in [0, 0.05) is 19.1 Å². The van der Waals surface area contributed by atoms with E-state index >= 15 is 0 Å². The summed E-state index contributed by atoms with van der Waals surface area (Å²) in [5, 5.41) is 0. The molecule has 1 aliphatic carbocycles. The van der Waals surface area contributed by atoms with Gasteiger partial charge in [0.1, 0.15) is 5.75 Å². The van der Waals surface area contributed by atoms with E-state index in [-0.39, 0.29) is 0 Å². The molecule has 2 aliphatic rings. The van der Waals surface area contributed by atoms with E-state index in [2.05, 4.69) is 17.0 Å². The van der Waals surface area contributed by atoms with Crippen molar-refractivity contribution in [3.8, 4) is 5.75 Å². The number of nitrogens with zero attached hydrogens (tertiary/aromatic N) is 1. The first-order valence-corrected chi connectivity index (χ1v) is 8.03. The zero-order valence-corrected chi connectivity index (χ0v) is 12.9. The molecule has 0 aromatic heterocycles. The standard InChI is InChI=1S/C17H26N2O2/c1-20-17-12-14(4-7-16(17)18)13-2-5-15(6-3-13)19-8-10-21-11-9-19/h4,7,12-13,15H,2-3,5-6,8-11,18H2,1H3. The third kappa shape index (κ3) is 3.33. The largest absolute Gasteiger partial charge is 0.495 e. The number of rotatable bonds is 3. The quantitative estimate of drug-likeness (QED) is 0.869. The van der Waals surface area contributed by atoms with Crippen molar-refractivity contribution in [1.82, 2.24) is 4.90 Å². The van der Waals surface area contributed by atoms with Gasteiger partial charge < -0.3 is 15.2 Å². The third-order valence-electron chi connectivity index (χ3n) is 4.99. The van der Waals surface area contributed by atoms with Gasteiger partial charge in [0.2, 0.25) is 0 Å². The molecule has 3 rings (SSSR count). The number of ether oxygens (including phenoxy) is 2. The first kappa shape index (κ1) is 14.7. The van der Waals surface area contributed by atoms with Crippen LogP contribution in [0.2, 0.25) is 0 Å². The Bertz CT molecular complexity index is 464. The van der Waals surface area contributed by atoms with Gasteiger partial charge >= 0.3 is 0 Å². The molecule has 1 aromatic carbocycles. The monoisotopic (exact) mass is 290 g/mol. The van der Waals surface area contributed by atoms with E-state index in [4.69, 9.17) is 15.2 Å². The smallest absolute Gasteiger partial charge is 0.142 e. The van der Waals surface area contributed by atoms with Crippen LogP contribution >= 0.6 is 0 Å². The van der Waals surface area contributed by atoms with Gasteiger partial charge in [0.05, 0.1) is 26.0 Å². The van der Waals surface area contributed by atoms with E-state index < -0.39 is 0 Å². The van der Waals surface area contributed by atoms with Crippen molar-refractivity contribution < 1.29 is 9.47 Å². The summed E-state index contributed by atoms with van der Waals surface area (Å²) in [6.07, 6.45) is 5.10. The summed E-state index contributed by atoms with van der Waals surface area (Å²) in [6, 6.07) is 7.01. The maximum Gasteiger partial charge on any atom is 0.142 e. The summed E-state index contributed by atoms with van der Waals surface area (Å²) in [5.74, 6) is 1.46. The third-order valence-corrected chi connectivity index (χ3v) is 4.99. The van der Waals surface area contributed by atoms with Crippen LogP contribution in [0, 0.1) is 0 Å². The summed E-state index contributed by atoms with van der Waals surface area (Å²) in [5.41, 5.74) is 8.01. The van der Waals surface area contributed by atoms with Gasteiger partial charge in [0.15, 0.2) is 0 Å². The lowest BCUT2D eigenvalue weighted by atomic mass is 9.81. The van der Waals surface area contributed by atoms with Crippen LogP contribution < -0.4 is 10.5 Å². The lowest BCUT2D eigenvalue weighted by molar-refractivity contribution is 0.00729. The maximum atomic E-state index is 5.91. The van der Waals surface area contributed by atoms with E-state index in [1.165, 1.54) is 31.2 Å². The van der Waals surface area contributed by atoms with Gasteiger partial charge in [-0.1, -0.05) is 6.07 Å². The molecule has 0 unspecified atom stereocenters. The van der Waals surface area contributed by atoms with E-state index in [9.17, 15) is 0 Å².